The Morgan fingerprint density at radius 1 is 0.912 bits per heavy atom. The van der Waals surface area contributed by atoms with Crippen LogP contribution in [-0.4, -0.2) is 35.1 Å². The number of hydrogen-bond acceptors (Lipinski definition) is 4. The van der Waals surface area contributed by atoms with Crippen molar-refractivity contribution in [3.8, 4) is 0 Å². The molecule has 0 aromatic heterocycles. The summed E-state index contributed by atoms with van der Waals surface area (Å²) in [5, 5.41) is 23.7. The van der Waals surface area contributed by atoms with E-state index in [0.29, 0.717) is 5.84 Å². The molecule has 3 N–H and O–H groups in total. The summed E-state index contributed by atoms with van der Waals surface area (Å²) in [7, 11) is 0. The number of nitrogens with zero attached hydrogens (tertiary/aromatic N) is 3. The third-order valence-corrected chi connectivity index (χ3v) is 6.21. The number of nitrogens with two attached hydrogens (primary N) is 1. The predicted molar refractivity (Wildman–Crippen MR) is 143 cm³/mol. The van der Waals surface area contributed by atoms with Crippen LogP contribution in [0.3, 0.4) is 0 Å². The molecular weight excluding hydrogens is 420 g/mol. The molecule has 34 heavy (non-hydrogen) atoms. The molecule has 0 spiro atoms. The minimum Gasteiger partial charge on any atom is -0.388 e. The van der Waals surface area contributed by atoms with Gasteiger partial charge in [-0.05, 0) is 63.5 Å². The Labute approximate surface area is 201 Å². The predicted octanol–water partition coefficient (Wildman–Crippen LogP) is 5.65. The first-order valence-corrected chi connectivity index (χ1v) is 11.8. The molecule has 0 heterocycles. The van der Waals surface area contributed by atoms with Gasteiger partial charge < -0.3 is 10.8 Å². The zero-order valence-electron chi connectivity index (χ0n) is 19.9. The monoisotopic (exact) mass is 452 g/mol. The highest BCUT2D eigenvalue weighted by Gasteiger charge is 2.15. The van der Waals surface area contributed by atoms with Crippen molar-refractivity contribution in [2.45, 2.75) is 32.9 Å². The second-order valence-electron chi connectivity index (χ2n) is 8.49. The Hall–Kier alpha value is -3.54. The lowest BCUT2D eigenvalue weighted by Crippen LogP contribution is -2.22. The van der Waals surface area contributed by atoms with Crippen LogP contribution in [0.15, 0.2) is 89.1 Å². The summed E-state index contributed by atoms with van der Waals surface area (Å²) in [5.41, 5.74) is 9.20. The van der Waals surface area contributed by atoms with Gasteiger partial charge in [-0.2, -0.15) is 5.10 Å². The zero-order chi connectivity index (χ0) is 23.9. The van der Waals surface area contributed by atoms with Crippen LogP contribution >= 0.6 is 0 Å². The van der Waals surface area contributed by atoms with E-state index in [2.05, 4.69) is 59.3 Å². The molecule has 1 atom stereocenters. The molecule has 0 fully saturated rings. The van der Waals surface area contributed by atoms with Gasteiger partial charge in [-0.3, -0.25) is 4.90 Å². The first-order chi connectivity index (χ1) is 16.6. The lowest BCUT2D eigenvalue weighted by molar-refractivity contribution is 0.187. The lowest BCUT2D eigenvalue weighted by atomic mass is 9.93. The number of benzene rings is 4. The summed E-state index contributed by atoms with van der Waals surface area (Å²) >= 11 is 0. The maximum Gasteiger partial charge on any atom is 0.125 e. The van der Waals surface area contributed by atoms with E-state index in [9.17, 15) is 5.11 Å². The number of amidine groups is 1. The highest BCUT2D eigenvalue weighted by molar-refractivity contribution is 6.09. The van der Waals surface area contributed by atoms with Crippen molar-refractivity contribution in [3.05, 3.63) is 95.6 Å². The van der Waals surface area contributed by atoms with Crippen LogP contribution in [0.4, 0.5) is 0 Å². The third-order valence-electron chi connectivity index (χ3n) is 6.21. The van der Waals surface area contributed by atoms with E-state index in [-0.39, 0.29) is 6.42 Å². The summed E-state index contributed by atoms with van der Waals surface area (Å²) in [6.45, 7) is 7.28. The molecule has 0 radical (unpaired) electrons. The molecule has 0 saturated heterocycles. The van der Waals surface area contributed by atoms with E-state index < -0.39 is 6.10 Å². The average Bonchev–Trinajstić information content (AvgIpc) is 2.87. The molecule has 0 saturated carbocycles. The first kappa shape index (κ1) is 23.6. The second-order valence-corrected chi connectivity index (χ2v) is 8.49. The van der Waals surface area contributed by atoms with Crippen molar-refractivity contribution in [2.24, 2.45) is 15.9 Å². The van der Waals surface area contributed by atoms with E-state index in [4.69, 9.17) is 5.73 Å². The van der Waals surface area contributed by atoms with E-state index in [0.717, 1.165) is 46.9 Å². The quantitative estimate of drug-likeness (QED) is 0.149. The van der Waals surface area contributed by atoms with Gasteiger partial charge in [0.25, 0.3) is 0 Å². The van der Waals surface area contributed by atoms with Crippen LogP contribution in [0.25, 0.3) is 21.5 Å². The van der Waals surface area contributed by atoms with Gasteiger partial charge >= 0.3 is 0 Å². The van der Waals surface area contributed by atoms with Crippen LogP contribution < -0.4 is 5.73 Å². The fourth-order valence-corrected chi connectivity index (χ4v) is 4.35. The van der Waals surface area contributed by atoms with Crippen molar-refractivity contribution in [1.29, 1.82) is 0 Å². The maximum absolute atomic E-state index is 11.0. The third kappa shape index (κ3) is 5.50. The molecule has 0 aliphatic carbocycles. The van der Waals surface area contributed by atoms with E-state index in [1.54, 1.807) is 6.21 Å². The van der Waals surface area contributed by atoms with Crippen LogP contribution in [0.1, 0.15) is 43.1 Å². The Morgan fingerprint density at radius 3 is 2.38 bits per heavy atom. The Bertz CT molecular complexity index is 1320. The molecule has 0 amide bonds. The van der Waals surface area contributed by atoms with Gasteiger partial charge in [0.05, 0.1) is 12.3 Å². The van der Waals surface area contributed by atoms with Crippen LogP contribution in [-0.2, 0) is 6.54 Å². The van der Waals surface area contributed by atoms with E-state index in [1.165, 1.54) is 10.9 Å². The molecule has 0 aliphatic rings. The van der Waals surface area contributed by atoms with Gasteiger partial charge in [0, 0.05) is 13.0 Å². The number of rotatable bonds is 9. The molecule has 4 aromatic rings. The van der Waals surface area contributed by atoms with Gasteiger partial charge in [0.15, 0.2) is 0 Å². The van der Waals surface area contributed by atoms with Crippen LogP contribution in [0.5, 0.6) is 0 Å². The Balaban J connectivity index is 1.50. The largest absolute Gasteiger partial charge is 0.388 e. The zero-order valence-corrected chi connectivity index (χ0v) is 19.9. The highest BCUT2D eigenvalue weighted by atomic mass is 16.3. The summed E-state index contributed by atoms with van der Waals surface area (Å²) in [6.07, 6.45) is 1.14. The summed E-state index contributed by atoms with van der Waals surface area (Å²) in [4.78, 5) is 2.37. The van der Waals surface area contributed by atoms with Crippen LogP contribution in [0, 0.1) is 0 Å². The molecule has 0 bridgehead atoms. The minimum absolute atomic E-state index is 0.210. The molecule has 5 heteroatoms. The smallest absolute Gasteiger partial charge is 0.125 e. The summed E-state index contributed by atoms with van der Waals surface area (Å²) in [6, 6.07) is 26.7. The summed E-state index contributed by atoms with van der Waals surface area (Å²) < 4.78 is 0. The molecule has 0 aliphatic heterocycles. The van der Waals surface area contributed by atoms with Gasteiger partial charge in [0.2, 0.25) is 0 Å². The normalized spacial score (nSPS) is 13.4. The number of aliphatic hydroxyl groups is 1. The standard InChI is InChI=1S/C29H32N4O/c1-3-33(4-2)20-22-11-9-10-21(16-22)19-31-32-29(30)18-28(34)27-17-23-12-5-6-13-24(23)25-14-7-8-15-26(25)27/h5-17,19,28,34H,3-4,18,20H2,1-2H3,(H2,30,32)/b31-19+. The average molecular weight is 453 g/mol. The van der Waals surface area contributed by atoms with E-state index in [1.807, 2.05) is 48.5 Å². The molecule has 4 rings (SSSR count). The summed E-state index contributed by atoms with van der Waals surface area (Å²) in [5.74, 6) is 0.292. The van der Waals surface area contributed by atoms with Gasteiger partial charge in [0.1, 0.15) is 5.84 Å². The second kappa shape index (κ2) is 11.1. The molecule has 4 aromatic carbocycles. The fraction of sp³-hybridized carbons (Fsp3) is 0.241. The van der Waals surface area contributed by atoms with Gasteiger partial charge in [-0.25, -0.2) is 0 Å². The number of hydrogen-bond donors (Lipinski definition) is 2. The van der Waals surface area contributed by atoms with Gasteiger partial charge in [-0.1, -0.05) is 80.6 Å². The van der Waals surface area contributed by atoms with Crippen molar-refractivity contribution in [3.63, 3.8) is 0 Å². The number of fused-ring (bicyclic) bond motifs is 3. The van der Waals surface area contributed by atoms with E-state index >= 15 is 0 Å². The minimum atomic E-state index is -0.772. The van der Waals surface area contributed by atoms with Crippen molar-refractivity contribution < 1.29 is 5.11 Å². The topological polar surface area (TPSA) is 74.2 Å². The number of aliphatic hydroxyl groups excluding tert-OH is 1. The maximum atomic E-state index is 11.0. The Kier molecular flexibility index (Phi) is 7.68. The molecular formula is C29H32N4O. The Morgan fingerprint density at radius 2 is 1.62 bits per heavy atom. The highest BCUT2D eigenvalue weighted by Crippen LogP contribution is 2.33. The molecule has 1 unspecified atom stereocenters. The van der Waals surface area contributed by atoms with Crippen LogP contribution in [0.2, 0.25) is 0 Å². The van der Waals surface area contributed by atoms with Crippen molar-refractivity contribution >= 4 is 33.6 Å². The SMILES string of the molecule is CCN(CC)Cc1cccc(/C=N/N=C(\N)CC(O)c2cc3ccccc3c3ccccc23)c1. The molecule has 174 valence electrons. The van der Waals surface area contributed by atoms with Gasteiger partial charge in [-0.15, -0.1) is 5.10 Å². The first-order valence-electron chi connectivity index (χ1n) is 11.8. The van der Waals surface area contributed by atoms with Crippen molar-refractivity contribution in [2.75, 3.05) is 13.1 Å². The molecule has 5 nitrogen and oxygen atoms in total. The lowest BCUT2D eigenvalue weighted by Gasteiger charge is -2.18. The van der Waals surface area contributed by atoms with Crippen molar-refractivity contribution in [1.82, 2.24) is 4.90 Å². The fourth-order valence-electron chi connectivity index (χ4n) is 4.35.